The van der Waals surface area contributed by atoms with Crippen LogP contribution in [0, 0.1) is 5.82 Å². The first-order valence-electron chi connectivity index (χ1n) is 6.43. The summed E-state index contributed by atoms with van der Waals surface area (Å²) < 4.78 is 25.2. The predicted molar refractivity (Wildman–Crippen MR) is 80.5 cm³/mol. The van der Waals surface area contributed by atoms with E-state index in [0.29, 0.717) is 5.02 Å². The van der Waals surface area contributed by atoms with Crippen LogP contribution in [0.15, 0.2) is 29.8 Å². The Labute approximate surface area is 128 Å². The topological polar surface area (TPSA) is 61.6 Å². The molecule has 0 spiro atoms. The van der Waals surface area contributed by atoms with E-state index in [1.807, 2.05) is 19.6 Å². The average molecular weight is 330 g/mol. The van der Waals surface area contributed by atoms with Gasteiger partial charge in [-0.3, -0.25) is 4.79 Å². The van der Waals surface area contributed by atoms with E-state index in [9.17, 15) is 9.18 Å². The number of ketones is 1. The van der Waals surface area contributed by atoms with Crippen LogP contribution in [-0.4, -0.2) is 14.1 Å². The molecule has 2 rings (SSSR count). The Morgan fingerprint density at radius 3 is 2.57 bits per heavy atom. The molecule has 0 aliphatic carbocycles. The van der Waals surface area contributed by atoms with Crippen molar-refractivity contribution in [3.8, 4) is 0 Å². The molecule has 0 amide bonds. The second kappa shape index (κ2) is 5.03. The number of nitrogens with two attached hydrogens (primary N) is 1. The Hall–Kier alpha value is -1.53. The third-order valence-corrected chi connectivity index (χ3v) is 4.08. The number of carbonyl (C=O) groups excluding carboxylic acids is 1. The minimum atomic E-state index is -2.05. The highest BCUT2D eigenvalue weighted by Crippen LogP contribution is 2.40. The zero-order valence-corrected chi connectivity index (χ0v) is 14.0. The van der Waals surface area contributed by atoms with Crippen LogP contribution in [0.1, 0.15) is 12.5 Å². The number of carbonyl (C=O) groups is 1. The van der Waals surface area contributed by atoms with Crippen molar-refractivity contribution in [3.63, 3.8) is 0 Å². The smallest absolute Gasteiger partial charge is 0.249 e. The van der Waals surface area contributed by atoms with Gasteiger partial charge in [-0.1, -0.05) is 11.6 Å². The van der Waals surface area contributed by atoms with Crippen LogP contribution in [0.2, 0.25) is 24.7 Å². The third kappa shape index (κ3) is 2.91. The number of halogens is 2. The lowest BCUT2D eigenvalue weighted by Crippen LogP contribution is -2.35. The van der Waals surface area contributed by atoms with Gasteiger partial charge in [0.2, 0.25) is 31.3 Å². The van der Waals surface area contributed by atoms with Crippen LogP contribution in [0.25, 0.3) is 0 Å². The van der Waals surface area contributed by atoms with Crippen molar-refractivity contribution < 1.29 is 18.3 Å². The van der Waals surface area contributed by atoms with E-state index in [4.69, 9.17) is 26.5 Å². The molecule has 1 aliphatic heterocycles. The maximum Gasteiger partial charge on any atom is 0.249 e. The summed E-state index contributed by atoms with van der Waals surface area (Å²) >= 11 is 5.88. The first-order chi connectivity index (χ1) is 9.54. The van der Waals surface area contributed by atoms with Gasteiger partial charge in [0.1, 0.15) is 5.82 Å². The lowest BCUT2D eigenvalue weighted by Gasteiger charge is -2.24. The molecule has 4 nitrogen and oxygen atoms in total. The molecule has 114 valence electrons. The first kappa shape index (κ1) is 15.8. The van der Waals surface area contributed by atoms with Crippen LogP contribution < -0.4 is 5.73 Å². The standard InChI is InChI=1S/C14H17ClFNO3Si/c1-14(9-7-8(15)5-6-10(9)16)12(18)11(13(17)19-14)20-21(2,3)4/h5-7H,17H2,1-4H3. The molecule has 2 N–H and O–H groups in total. The average Bonchev–Trinajstić information content (AvgIpc) is 2.55. The molecule has 1 heterocycles. The number of rotatable bonds is 3. The molecule has 1 unspecified atom stereocenters. The van der Waals surface area contributed by atoms with Gasteiger partial charge in [0.25, 0.3) is 0 Å². The van der Waals surface area contributed by atoms with E-state index < -0.39 is 25.5 Å². The zero-order valence-electron chi connectivity index (χ0n) is 12.3. The van der Waals surface area contributed by atoms with Crippen molar-refractivity contribution >= 4 is 25.7 Å². The quantitative estimate of drug-likeness (QED) is 0.864. The largest absolute Gasteiger partial charge is 0.538 e. The summed E-state index contributed by atoms with van der Waals surface area (Å²) in [5.41, 5.74) is 4.23. The number of benzene rings is 1. The summed E-state index contributed by atoms with van der Waals surface area (Å²) in [6, 6.07) is 3.95. The Bertz CT molecular complexity index is 642. The van der Waals surface area contributed by atoms with Gasteiger partial charge in [-0.05, 0) is 44.8 Å². The van der Waals surface area contributed by atoms with Crippen LogP contribution in [0.4, 0.5) is 4.39 Å². The van der Waals surface area contributed by atoms with Gasteiger partial charge in [0.05, 0.1) is 0 Å². The second-order valence-electron chi connectivity index (χ2n) is 6.00. The molecule has 1 aliphatic rings. The van der Waals surface area contributed by atoms with Crippen molar-refractivity contribution in [1.82, 2.24) is 0 Å². The molecule has 0 radical (unpaired) electrons. The fraction of sp³-hybridized carbons (Fsp3) is 0.357. The number of Topliss-reactive ketones (excluding diaryl/α,β-unsaturated/α-hetero) is 1. The van der Waals surface area contributed by atoms with Crippen molar-refractivity contribution in [3.05, 3.63) is 46.2 Å². The van der Waals surface area contributed by atoms with E-state index in [0.717, 1.165) is 0 Å². The Kier molecular flexibility index (Phi) is 3.80. The van der Waals surface area contributed by atoms with E-state index in [2.05, 4.69) is 0 Å². The highest BCUT2D eigenvalue weighted by molar-refractivity contribution is 6.70. The van der Waals surface area contributed by atoms with Gasteiger partial charge >= 0.3 is 0 Å². The van der Waals surface area contributed by atoms with E-state index in [1.54, 1.807) is 0 Å². The summed E-state index contributed by atoms with van der Waals surface area (Å²) in [5.74, 6) is -1.23. The van der Waals surface area contributed by atoms with E-state index in [-0.39, 0.29) is 17.2 Å². The van der Waals surface area contributed by atoms with Gasteiger partial charge in [-0.2, -0.15) is 0 Å². The molecule has 0 saturated heterocycles. The van der Waals surface area contributed by atoms with Crippen molar-refractivity contribution in [2.24, 2.45) is 5.73 Å². The highest BCUT2D eigenvalue weighted by atomic mass is 35.5. The monoisotopic (exact) mass is 329 g/mol. The summed E-state index contributed by atoms with van der Waals surface area (Å²) in [6.07, 6.45) is 0. The van der Waals surface area contributed by atoms with Gasteiger partial charge in [-0.25, -0.2) is 4.39 Å². The summed E-state index contributed by atoms with van der Waals surface area (Å²) in [7, 11) is -2.05. The molecule has 0 saturated carbocycles. The Morgan fingerprint density at radius 2 is 2.00 bits per heavy atom. The molecule has 21 heavy (non-hydrogen) atoms. The van der Waals surface area contributed by atoms with Crippen molar-refractivity contribution in [2.75, 3.05) is 0 Å². The lowest BCUT2D eigenvalue weighted by atomic mass is 9.91. The molecule has 0 fully saturated rings. The van der Waals surface area contributed by atoms with Gasteiger partial charge in [0.15, 0.2) is 0 Å². The first-order valence-corrected chi connectivity index (χ1v) is 10.2. The summed E-state index contributed by atoms with van der Waals surface area (Å²) in [6.45, 7) is 7.19. The summed E-state index contributed by atoms with van der Waals surface area (Å²) in [5, 5.41) is 0.308. The SMILES string of the molecule is CC1(c2cc(Cl)ccc2F)OC(N)=C(O[Si](C)(C)C)C1=O. The van der Waals surface area contributed by atoms with Crippen molar-refractivity contribution in [1.29, 1.82) is 0 Å². The van der Waals surface area contributed by atoms with Gasteiger partial charge in [0, 0.05) is 10.6 Å². The number of hydrogen-bond acceptors (Lipinski definition) is 4. The molecule has 0 bridgehead atoms. The van der Waals surface area contributed by atoms with E-state index in [1.165, 1.54) is 25.1 Å². The zero-order chi connectivity index (χ0) is 16.0. The number of hydrogen-bond donors (Lipinski definition) is 1. The van der Waals surface area contributed by atoms with Crippen LogP contribution in [0.3, 0.4) is 0 Å². The molecule has 1 atom stereocenters. The fourth-order valence-electron chi connectivity index (χ4n) is 2.08. The predicted octanol–water partition coefficient (Wildman–Crippen LogP) is 3.27. The second-order valence-corrected chi connectivity index (χ2v) is 10.9. The fourth-order valence-corrected chi connectivity index (χ4v) is 3.06. The van der Waals surface area contributed by atoms with Gasteiger partial charge < -0.3 is 14.9 Å². The minimum absolute atomic E-state index is 0.0314. The number of ether oxygens (including phenoxy) is 1. The molecular formula is C14H17ClFNO3Si. The lowest BCUT2D eigenvalue weighted by molar-refractivity contribution is -0.131. The van der Waals surface area contributed by atoms with Crippen LogP contribution in [0.5, 0.6) is 0 Å². The maximum atomic E-state index is 14.0. The molecule has 1 aromatic rings. The maximum absolute atomic E-state index is 14.0. The third-order valence-electron chi connectivity index (χ3n) is 3.03. The van der Waals surface area contributed by atoms with Gasteiger partial charge in [-0.15, -0.1) is 0 Å². The summed E-state index contributed by atoms with van der Waals surface area (Å²) in [4.78, 5) is 12.6. The molecule has 7 heteroatoms. The van der Waals surface area contributed by atoms with E-state index >= 15 is 0 Å². The Balaban J connectivity index is 2.44. The Morgan fingerprint density at radius 1 is 1.38 bits per heavy atom. The normalized spacial score (nSPS) is 22.5. The molecule has 0 aromatic heterocycles. The van der Waals surface area contributed by atoms with Crippen molar-refractivity contribution in [2.45, 2.75) is 32.2 Å². The van der Waals surface area contributed by atoms with Crippen LogP contribution in [-0.2, 0) is 19.6 Å². The molecular weight excluding hydrogens is 313 g/mol. The minimum Gasteiger partial charge on any atom is -0.538 e. The molecule has 1 aromatic carbocycles. The highest BCUT2D eigenvalue weighted by Gasteiger charge is 2.50. The van der Waals surface area contributed by atoms with Crippen LogP contribution >= 0.6 is 11.6 Å².